The molecule has 1 aromatic heterocycles. The Labute approximate surface area is 183 Å². The zero-order chi connectivity index (χ0) is 21.7. The second-order valence-electron chi connectivity index (χ2n) is 6.38. The molecule has 0 fully saturated rings. The molecule has 0 saturated heterocycles. The van der Waals surface area contributed by atoms with Crippen LogP contribution in [0.2, 0.25) is 10.0 Å². The Morgan fingerprint density at radius 3 is 2.43 bits per heavy atom. The molecule has 1 amide bonds. The molecule has 0 spiro atoms. The van der Waals surface area contributed by atoms with Crippen molar-refractivity contribution in [2.75, 3.05) is 5.32 Å². The van der Waals surface area contributed by atoms with Gasteiger partial charge >= 0.3 is 0 Å². The van der Waals surface area contributed by atoms with Crippen LogP contribution >= 0.6 is 23.2 Å². The second-order valence-corrected chi connectivity index (χ2v) is 7.20. The third-order valence-electron chi connectivity index (χ3n) is 4.32. The van der Waals surface area contributed by atoms with E-state index in [1.54, 1.807) is 42.5 Å². The monoisotopic (exact) mass is 441 g/mol. The van der Waals surface area contributed by atoms with E-state index in [1.807, 2.05) is 19.9 Å². The smallest absolute Gasteiger partial charge is 0.266 e. The molecule has 0 unspecified atom stereocenters. The first-order valence-electron chi connectivity index (χ1n) is 8.91. The molecule has 1 heterocycles. The number of halogens is 2. The predicted octanol–water partition coefficient (Wildman–Crippen LogP) is 5.72. The van der Waals surface area contributed by atoms with E-state index in [0.717, 1.165) is 17.0 Å². The van der Waals surface area contributed by atoms with E-state index in [4.69, 9.17) is 32.5 Å². The number of nitrogens with one attached hydrogen (secondary N) is 1. The number of anilines is 1. The number of rotatable bonds is 6. The van der Waals surface area contributed by atoms with Crippen molar-refractivity contribution in [1.29, 1.82) is 5.26 Å². The van der Waals surface area contributed by atoms with E-state index < -0.39 is 5.91 Å². The highest BCUT2D eigenvalue weighted by Gasteiger charge is 2.14. The SMILES string of the molecule is Cc1noc(C)c1COc1ccc(/C=C(\C#N)C(=O)Nc2c(Cl)cccc2Cl)cc1. The number of aryl methyl sites for hydroxylation is 2. The molecule has 6 nitrogen and oxygen atoms in total. The summed E-state index contributed by atoms with van der Waals surface area (Å²) in [5, 5.41) is 16.4. The van der Waals surface area contributed by atoms with Crippen LogP contribution in [-0.2, 0) is 11.4 Å². The van der Waals surface area contributed by atoms with Crippen molar-refractivity contribution in [1.82, 2.24) is 5.16 Å². The van der Waals surface area contributed by atoms with Crippen LogP contribution in [0.15, 0.2) is 52.6 Å². The minimum Gasteiger partial charge on any atom is -0.489 e. The maximum absolute atomic E-state index is 12.5. The fourth-order valence-electron chi connectivity index (χ4n) is 2.64. The van der Waals surface area contributed by atoms with Gasteiger partial charge in [-0.3, -0.25) is 4.79 Å². The number of para-hydroxylation sites is 1. The minimum absolute atomic E-state index is 0.0876. The molecule has 30 heavy (non-hydrogen) atoms. The van der Waals surface area contributed by atoms with Gasteiger partial charge in [-0.15, -0.1) is 0 Å². The van der Waals surface area contributed by atoms with Gasteiger partial charge in [0.1, 0.15) is 29.8 Å². The number of carbonyl (C=O) groups is 1. The minimum atomic E-state index is -0.605. The fraction of sp³-hybridized carbons (Fsp3) is 0.136. The Morgan fingerprint density at radius 2 is 1.87 bits per heavy atom. The molecule has 152 valence electrons. The lowest BCUT2D eigenvalue weighted by atomic mass is 10.1. The third-order valence-corrected chi connectivity index (χ3v) is 4.95. The largest absolute Gasteiger partial charge is 0.489 e. The van der Waals surface area contributed by atoms with Gasteiger partial charge in [0.15, 0.2) is 0 Å². The number of nitriles is 1. The molecule has 0 radical (unpaired) electrons. The first-order chi connectivity index (χ1) is 14.4. The third kappa shape index (κ3) is 5.01. The zero-order valence-corrected chi connectivity index (χ0v) is 17.7. The van der Waals surface area contributed by atoms with Gasteiger partial charge in [0, 0.05) is 0 Å². The van der Waals surface area contributed by atoms with E-state index in [2.05, 4.69) is 10.5 Å². The van der Waals surface area contributed by atoms with Gasteiger partial charge < -0.3 is 14.6 Å². The molecule has 0 saturated carbocycles. The molecule has 2 aromatic carbocycles. The molecule has 0 aliphatic heterocycles. The van der Waals surface area contributed by atoms with Crippen molar-refractivity contribution >= 4 is 40.9 Å². The van der Waals surface area contributed by atoms with E-state index in [0.29, 0.717) is 17.9 Å². The average molecular weight is 442 g/mol. The van der Waals surface area contributed by atoms with E-state index >= 15 is 0 Å². The van der Waals surface area contributed by atoms with Gasteiger partial charge in [0.25, 0.3) is 5.91 Å². The summed E-state index contributed by atoms with van der Waals surface area (Å²) in [6, 6.07) is 13.7. The Bertz CT molecular complexity index is 1110. The van der Waals surface area contributed by atoms with E-state index in [-0.39, 0.29) is 21.3 Å². The maximum Gasteiger partial charge on any atom is 0.266 e. The normalized spacial score (nSPS) is 11.1. The molecular weight excluding hydrogens is 425 g/mol. The van der Waals surface area contributed by atoms with Crippen molar-refractivity contribution in [2.24, 2.45) is 0 Å². The van der Waals surface area contributed by atoms with Gasteiger partial charge in [0.05, 0.1) is 27.0 Å². The number of benzene rings is 2. The molecule has 0 atom stereocenters. The van der Waals surface area contributed by atoms with Gasteiger partial charge in [0.2, 0.25) is 0 Å². The van der Waals surface area contributed by atoms with Crippen LogP contribution in [-0.4, -0.2) is 11.1 Å². The molecule has 1 N–H and O–H groups in total. The number of nitrogens with zero attached hydrogens (tertiary/aromatic N) is 2. The van der Waals surface area contributed by atoms with Gasteiger partial charge in [-0.2, -0.15) is 5.26 Å². The van der Waals surface area contributed by atoms with Crippen LogP contribution in [0.5, 0.6) is 5.75 Å². The Morgan fingerprint density at radius 1 is 1.20 bits per heavy atom. The Kier molecular flexibility index (Phi) is 6.78. The summed E-state index contributed by atoms with van der Waals surface area (Å²) in [6.45, 7) is 4.02. The van der Waals surface area contributed by atoms with Crippen LogP contribution in [0.4, 0.5) is 5.69 Å². The van der Waals surface area contributed by atoms with Crippen LogP contribution in [0.3, 0.4) is 0 Å². The van der Waals surface area contributed by atoms with Crippen molar-refractivity contribution < 1.29 is 14.1 Å². The predicted molar refractivity (Wildman–Crippen MR) is 115 cm³/mol. The van der Waals surface area contributed by atoms with Crippen molar-refractivity contribution in [2.45, 2.75) is 20.5 Å². The lowest BCUT2D eigenvalue weighted by Crippen LogP contribution is -2.14. The molecule has 3 aromatic rings. The van der Waals surface area contributed by atoms with Crippen LogP contribution in [0, 0.1) is 25.2 Å². The summed E-state index contributed by atoms with van der Waals surface area (Å²) in [6.07, 6.45) is 1.47. The number of carbonyl (C=O) groups excluding carboxylic acids is 1. The van der Waals surface area contributed by atoms with Crippen LogP contribution in [0.1, 0.15) is 22.6 Å². The summed E-state index contributed by atoms with van der Waals surface area (Å²) >= 11 is 12.1. The summed E-state index contributed by atoms with van der Waals surface area (Å²) in [5.74, 6) is 0.750. The second kappa shape index (κ2) is 9.49. The lowest BCUT2D eigenvalue weighted by molar-refractivity contribution is -0.112. The van der Waals surface area contributed by atoms with Gasteiger partial charge in [-0.25, -0.2) is 0 Å². The molecule has 8 heteroatoms. The van der Waals surface area contributed by atoms with Crippen LogP contribution in [0.25, 0.3) is 6.08 Å². The molecular formula is C22H17Cl2N3O3. The summed E-state index contributed by atoms with van der Waals surface area (Å²) in [4.78, 5) is 12.5. The van der Waals surface area contributed by atoms with Crippen molar-refractivity contribution in [3.8, 4) is 11.8 Å². The highest BCUT2D eigenvalue weighted by atomic mass is 35.5. The van der Waals surface area contributed by atoms with Gasteiger partial charge in [-0.1, -0.05) is 46.6 Å². The Balaban J connectivity index is 1.70. The summed E-state index contributed by atoms with van der Waals surface area (Å²) in [7, 11) is 0. The standard InChI is InChI=1S/C22H17Cl2N3O3/c1-13-18(14(2)30-27-13)12-29-17-8-6-15(7-9-17)10-16(11-25)22(28)26-21-19(23)4-3-5-20(21)24/h3-10H,12H2,1-2H3,(H,26,28)/b16-10+. The average Bonchev–Trinajstić information content (AvgIpc) is 3.05. The molecule has 0 aliphatic carbocycles. The number of hydrogen-bond acceptors (Lipinski definition) is 5. The first-order valence-corrected chi connectivity index (χ1v) is 9.66. The van der Waals surface area contributed by atoms with Crippen molar-refractivity contribution in [3.05, 3.63) is 80.7 Å². The summed E-state index contributed by atoms with van der Waals surface area (Å²) in [5.41, 5.74) is 2.53. The topological polar surface area (TPSA) is 88.2 Å². The number of hydrogen-bond donors (Lipinski definition) is 1. The highest BCUT2D eigenvalue weighted by molar-refractivity contribution is 6.40. The molecule has 0 aliphatic rings. The lowest BCUT2D eigenvalue weighted by Gasteiger charge is -2.09. The van der Waals surface area contributed by atoms with E-state index in [9.17, 15) is 10.1 Å². The number of ether oxygens (including phenoxy) is 1. The number of amides is 1. The zero-order valence-electron chi connectivity index (χ0n) is 16.2. The highest BCUT2D eigenvalue weighted by Crippen LogP contribution is 2.30. The molecule has 3 rings (SSSR count). The summed E-state index contributed by atoms with van der Waals surface area (Å²) < 4.78 is 10.9. The quantitative estimate of drug-likeness (QED) is 0.390. The maximum atomic E-state index is 12.5. The van der Waals surface area contributed by atoms with Crippen LogP contribution < -0.4 is 10.1 Å². The first kappa shape index (κ1) is 21.4. The fourth-order valence-corrected chi connectivity index (χ4v) is 3.13. The number of aromatic nitrogens is 1. The van der Waals surface area contributed by atoms with Crippen molar-refractivity contribution in [3.63, 3.8) is 0 Å². The van der Waals surface area contributed by atoms with Gasteiger partial charge in [-0.05, 0) is 49.8 Å². The van der Waals surface area contributed by atoms with E-state index in [1.165, 1.54) is 6.08 Å². The Hall–Kier alpha value is -3.27. The molecule has 0 bridgehead atoms.